The summed E-state index contributed by atoms with van der Waals surface area (Å²) >= 11 is 1.88. The number of rotatable bonds is 12. The summed E-state index contributed by atoms with van der Waals surface area (Å²) in [5.74, 6) is 3.40. The van der Waals surface area contributed by atoms with Crippen molar-refractivity contribution in [2.24, 2.45) is 0 Å². The lowest BCUT2D eigenvalue weighted by Gasteiger charge is -2.13. The lowest BCUT2D eigenvalue weighted by molar-refractivity contribution is 0.669. The van der Waals surface area contributed by atoms with Gasteiger partial charge in [0.1, 0.15) is 28.1 Å². The van der Waals surface area contributed by atoms with Gasteiger partial charge < -0.3 is 8.83 Å². The molecule has 0 aliphatic rings. The fourth-order valence-corrected chi connectivity index (χ4v) is 20.4. The quantitative estimate of drug-likeness (QED) is 0.119. The average molecular weight is 1710 g/mol. The zero-order valence-electron chi connectivity index (χ0n) is 71.1. The number of thiophene rings is 1. The van der Waals surface area contributed by atoms with Crippen LogP contribution in [0.25, 0.3) is 248 Å². The SMILES string of the molecule is c1ccc(-c2cc(-c3ccccc3)nc(-n3c4ccccc4c4cc(-c5cccc6c5oc5ccccc56)ccc43)n2)cc1.c1ccc(-c2cc(-c3ccccc3)nc(-n3c4ccccc4c4cc(-c5cccc6c5sc5ccccc56)ccc43)c2)cc1.c1ccc(-c2nc(-c3ccccc3)nc(-n3c4ccccc4c4cc(-c5cccc6c5oc5ccccc56)ccc43)n2)cc1. The lowest BCUT2D eigenvalue weighted by atomic mass is 10.0. The number of benzene rings is 18. The Balaban J connectivity index is 0.000000106. The first-order chi connectivity index (χ1) is 65.4. The van der Waals surface area contributed by atoms with E-state index in [1.54, 1.807) is 0 Å². The van der Waals surface area contributed by atoms with Crippen molar-refractivity contribution in [1.29, 1.82) is 0 Å². The molecule has 0 aliphatic carbocycles. The molecule has 0 unspecified atom stereocenters. The van der Waals surface area contributed by atoms with Gasteiger partial charge in [-0.05, 0) is 124 Å². The highest BCUT2D eigenvalue weighted by Gasteiger charge is 2.25. The Morgan fingerprint density at radius 1 is 0.189 bits per heavy atom. The highest BCUT2D eigenvalue weighted by Crippen LogP contribution is 2.46. The molecule has 11 nitrogen and oxygen atoms in total. The summed E-state index contributed by atoms with van der Waals surface area (Å²) in [4.78, 5) is 30.6. The van der Waals surface area contributed by atoms with Crippen molar-refractivity contribution in [3.05, 3.63) is 455 Å². The first kappa shape index (κ1) is 76.8. The molecule has 9 heterocycles. The van der Waals surface area contributed by atoms with Gasteiger partial charge in [0.05, 0.1) is 50.2 Å². The Bertz CT molecular complexity index is 8140. The van der Waals surface area contributed by atoms with E-state index in [1.165, 1.54) is 47.6 Å². The van der Waals surface area contributed by atoms with Crippen molar-refractivity contribution < 1.29 is 8.83 Å². The van der Waals surface area contributed by atoms with Crippen LogP contribution in [0.15, 0.2) is 464 Å². The van der Waals surface area contributed by atoms with Crippen LogP contribution >= 0.6 is 11.3 Å². The van der Waals surface area contributed by atoms with Crippen LogP contribution < -0.4 is 0 Å². The fraction of sp³-hybridized carbons (Fsp3) is 0. The molecule has 0 fully saturated rings. The van der Waals surface area contributed by atoms with E-state index < -0.39 is 0 Å². The molecular weight excluding hydrogens is 1630 g/mol. The molecule has 132 heavy (non-hydrogen) atoms. The molecule has 0 saturated carbocycles. The predicted octanol–water partition coefficient (Wildman–Crippen LogP) is 31.9. The molecular formula is C120H75N9O2S. The average Bonchev–Trinajstić information content (AvgIpc) is 1.59. The third kappa shape index (κ3) is 13.5. The molecule has 618 valence electrons. The Hall–Kier alpha value is -17.6. The Morgan fingerprint density at radius 3 is 1.00 bits per heavy atom. The van der Waals surface area contributed by atoms with Crippen LogP contribution in [0.1, 0.15) is 0 Å². The Labute approximate surface area is 761 Å². The standard InChI is InChI=1S/C41H26N2S.C40H25N3O.C39H24N4O/c1-3-12-27(13-4-1)30-25-36(28-14-5-2-6-15-28)42-40(26-30)43-37-20-9-7-16-32(37)35-24-29(22-23-38(35)43)31-18-11-19-34-33-17-8-10-21-39(33)44-41(31)34;1-3-12-26(13-4-1)34-25-35(27-14-5-2-6-15-27)42-40(41-34)43-36-20-9-7-16-30(36)33-24-28(22-23-37(33)43)29-18-11-19-32-31-17-8-10-21-38(31)44-39(29)32;1-3-12-25(13-4-1)37-40-38(26-14-5-2-6-15-26)42-39(41-37)43-33-20-9-7-16-29(33)32-24-27(22-23-34(32)43)28-18-11-19-31-30-17-8-10-21-35(30)44-36(28)31/h1-26H;1-25H;1-24H. The maximum Gasteiger partial charge on any atom is 0.238 e. The zero-order chi connectivity index (χ0) is 87.1. The van der Waals surface area contributed by atoms with Crippen LogP contribution in [0.5, 0.6) is 0 Å². The van der Waals surface area contributed by atoms with Gasteiger partial charge in [0.15, 0.2) is 11.6 Å². The summed E-state index contributed by atoms with van der Waals surface area (Å²) in [5.41, 5.74) is 27.0. The van der Waals surface area contributed by atoms with Crippen molar-refractivity contribution in [2.75, 3.05) is 0 Å². The molecule has 9 aromatic heterocycles. The van der Waals surface area contributed by atoms with E-state index in [0.29, 0.717) is 23.5 Å². The van der Waals surface area contributed by atoms with E-state index in [0.717, 1.165) is 177 Å². The van der Waals surface area contributed by atoms with E-state index >= 15 is 0 Å². The molecule has 0 radical (unpaired) electrons. The number of pyridine rings is 1. The van der Waals surface area contributed by atoms with Crippen LogP contribution in [0.4, 0.5) is 0 Å². The number of para-hydroxylation sites is 7. The van der Waals surface area contributed by atoms with Gasteiger partial charge in [-0.2, -0.15) is 9.97 Å². The van der Waals surface area contributed by atoms with Crippen molar-refractivity contribution in [2.45, 2.75) is 0 Å². The monoisotopic (exact) mass is 1710 g/mol. The second-order valence-corrected chi connectivity index (χ2v) is 34.2. The zero-order valence-corrected chi connectivity index (χ0v) is 71.9. The third-order valence-corrected chi connectivity index (χ3v) is 26.5. The number of fused-ring (bicyclic) bond motifs is 18. The first-order valence-electron chi connectivity index (χ1n) is 44.3. The Morgan fingerprint density at radius 2 is 0.530 bits per heavy atom. The fourth-order valence-electron chi connectivity index (χ4n) is 19.2. The normalized spacial score (nSPS) is 11.6. The van der Waals surface area contributed by atoms with Crippen molar-refractivity contribution >= 4 is 141 Å². The maximum atomic E-state index is 6.40. The smallest absolute Gasteiger partial charge is 0.238 e. The highest BCUT2D eigenvalue weighted by atomic mass is 32.1. The van der Waals surface area contributed by atoms with Crippen LogP contribution in [0.3, 0.4) is 0 Å². The minimum Gasteiger partial charge on any atom is -0.455 e. The minimum absolute atomic E-state index is 0.580. The molecule has 0 aliphatic heterocycles. The van der Waals surface area contributed by atoms with Crippen molar-refractivity contribution in [3.8, 4) is 119 Å². The summed E-state index contributed by atoms with van der Waals surface area (Å²) in [6.45, 7) is 0. The van der Waals surface area contributed by atoms with Gasteiger partial charge in [-0.1, -0.05) is 364 Å². The third-order valence-electron chi connectivity index (χ3n) is 25.3. The molecule has 27 rings (SSSR count). The summed E-state index contributed by atoms with van der Waals surface area (Å²) in [6.07, 6.45) is 0. The molecule has 0 atom stereocenters. The topological polar surface area (TPSA) is 118 Å². The van der Waals surface area contributed by atoms with Crippen LogP contribution in [-0.4, -0.2) is 43.6 Å². The molecule has 27 aromatic rings. The molecule has 12 heteroatoms. The number of furan rings is 2. The molecule has 18 aromatic carbocycles. The second kappa shape index (κ2) is 32.4. The van der Waals surface area contributed by atoms with Gasteiger partial charge in [0.25, 0.3) is 0 Å². The number of aromatic nitrogens is 9. The summed E-state index contributed by atoms with van der Waals surface area (Å²) in [5, 5.41) is 14.1. The molecule has 0 amide bonds. The van der Waals surface area contributed by atoms with Gasteiger partial charge in [-0.25, -0.2) is 19.9 Å². The summed E-state index contributed by atoms with van der Waals surface area (Å²) in [6, 6.07) is 159. The van der Waals surface area contributed by atoms with Crippen LogP contribution in [0, 0.1) is 0 Å². The molecule has 0 spiro atoms. The summed E-state index contributed by atoms with van der Waals surface area (Å²) in [7, 11) is 0. The Kier molecular flexibility index (Phi) is 18.8. The number of nitrogens with zero attached hydrogens (tertiary/aromatic N) is 9. The van der Waals surface area contributed by atoms with Crippen LogP contribution in [-0.2, 0) is 0 Å². The predicted molar refractivity (Wildman–Crippen MR) is 545 cm³/mol. The minimum atomic E-state index is 0.580. The second-order valence-electron chi connectivity index (χ2n) is 33.1. The first-order valence-corrected chi connectivity index (χ1v) is 45.1. The number of hydrogen-bond acceptors (Lipinski definition) is 9. The van der Waals surface area contributed by atoms with E-state index in [-0.39, 0.29) is 0 Å². The summed E-state index contributed by atoms with van der Waals surface area (Å²) < 4.78 is 22.1. The van der Waals surface area contributed by atoms with Gasteiger partial charge in [0, 0.05) is 113 Å². The van der Waals surface area contributed by atoms with Crippen molar-refractivity contribution in [3.63, 3.8) is 0 Å². The number of hydrogen-bond donors (Lipinski definition) is 0. The van der Waals surface area contributed by atoms with Crippen molar-refractivity contribution in [1.82, 2.24) is 43.6 Å². The van der Waals surface area contributed by atoms with Gasteiger partial charge in [-0.3, -0.25) is 13.7 Å². The van der Waals surface area contributed by atoms with Gasteiger partial charge in [0.2, 0.25) is 11.9 Å². The largest absolute Gasteiger partial charge is 0.455 e. The van der Waals surface area contributed by atoms with Crippen LogP contribution in [0.2, 0.25) is 0 Å². The van der Waals surface area contributed by atoms with E-state index in [9.17, 15) is 0 Å². The van der Waals surface area contributed by atoms with E-state index in [1.807, 2.05) is 133 Å². The highest BCUT2D eigenvalue weighted by molar-refractivity contribution is 7.26. The van der Waals surface area contributed by atoms with E-state index in [4.69, 9.17) is 38.7 Å². The molecule has 0 N–H and O–H groups in total. The van der Waals surface area contributed by atoms with Gasteiger partial charge in [-0.15, -0.1) is 11.3 Å². The molecule has 0 saturated heterocycles. The lowest BCUT2D eigenvalue weighted by Crippen LogP contribution is -2.06. The van der Waals surface area contributed by atoms with Gasteiger partial charge >= 0.3 is 0 Å². The van der Waals surface area contributed by atoms with E-state index in [2.05, 4.69) is 347 Å². The molecule has 0 bridgehead atoms. The maximum absolute atomic E-state index is 6.40.